The molecule has 2 fully saturated rings. The van der Waals surface area contributed by atoms with Gasteiger partial charge in [0, 0.05) is 51.4 Å². The number of nitrogens with one attached hydrogen (secondary N) is 1. The SMILES string of the molecule is CC(CC(=O)O)N1CCC(N2CCNCC2)C1. The molecule has 2 rings (SSSR count). The molecular formula is C12H23N3O2. The fourth-order valence-corrected chi connectivity index (χ4v) is 2.90. The largest absolute Gasteiger partial charge is 0.481 e. The van der Waals surface area contributed by atoms with Crippen molar-refractivity contribution in [3.8, 4) is 0 Å². The summed E-state index contributed by atoms with van der Waals surface area (Å²) in [7, 11) is 0. The van der Waals surface area contributed by atoms with Crippen molar-refractivity contribution in [2.24, 2.45) is 0 Å². The highest BCUT2D eigenvalue weighted by Crippen LogP contribution is 2.19. The first kappa shape index (κ1) is 12.8. The Balaban J connectivity index is 1.79. The third-order valence-corrected chi connectivity index (χ3v) is 3.96. The Kier molecular flexibility index (Phi) is 4.36. The summed E-state index contributed by atoms with van der Waals surface area (Å²) in [5, 5.41) is 12.2. The Labute approximate surface area is 103 Å². The molecule has 17 heavy (non-hydrogen) atoms. The lowest BCUT2D eigenvalue weighted by Crippen LogP contribution is -2.49. The molecule has 0 aromatic carbocycles. The Bertz CT molecular complexity index is 266. The molecule has 0 aromatic heterocycles. The van der Waals surface area contributed by atoms with Gasteiger partial charge in [-0.2, -0.15) is 0 Å². The highest BCUT2D eigenvalue weighted by molar-refractivity contribution is 5.67. The lowest BCUT2D eigenvalue weighted by Gasteiger charge is -2.33. The lowest BCUT2D eigenvalue weighted by atomic mass is 10.2. The summed E-state index contributed by atoms with van der Waals surface area (Å²) in [5.41, 5.74) is 0. The Morgan fingerprint density at radius 2 is 2.12 bits per heavy atom. The van der Waals surface area contributed by atoms with Gasteiger partial charge in [-0.1, -0.05) is 0 Å². The second-order valence-electron chi connectivity index (χ2n) is 5.17. The number of hydrogen-bond acceptors (Lipinski definition) is 4. The van der Waals surface area contributed by atoms with Crippen LogP contribution < -0.4 is 5.32 Å². The van der Waals surface area contributed by atoms with E-state index in [9.17, 15) is 4.79 Å². The van der Waals surface area contributed by atoms with Crippen molar-refractivity contribution in [3.63, 3.8) is 0 Å². The first-order valence-electron chi connectivity index (χ1n) is 6.57. The fourth-order valence-electron chi connectivity index (χ4n) is 2.90. The zero-order valence-electron chi connectivity index (χ0n) is 10.6. The van der Waals surface area contributed by atoms with E-state index < -0.39 is 5.97 Å². The molecule has 2 heterocycles. The van der Waals surface area contributed by atoms with Gasteiger partial charge >= 0.3 is 5.97 Å². The minimum atomic E-state index is -0.692. The molecule has 2 unspecified atom stereocenters. The van der Waals surface area contributed by atoms with Crippen LogP contribution in [0.2, 0.25) is 0 Å². The molecule has 0 saturated carbocycles. The van der Waals surface area contributed by atoms with E-state index >= 15 is 0 Å². The van der Waals surface area contributed by atoms with E-state index in [1.54, 1.807) is 0 Å². The van der Waals surface area contributed by atoms with Crippen LogP contribution in [-0.2, 0) is 4.79 Å². The van der Waals surface area contributed by atoms with E-state index in [4.69, 9.17) is 5.11 Å². The Morgan fingerprint density at radius 1 is 1.41 bits per heavy atom. The maximum Gasteiger partial charge on any atom is 0.304 e. The van der Waals surface area contributed by atoms with Gasteiger partial charge in [-0.05, 0) is 13.3 Å². The summed E-state index contributed by atoms with van der Waals surface area (Å²) < 4.78 is 0. The number of carboxylic acid groups (broad SMARTS) is 1. The number of nitrogens with zero attached hydrogens (tertiary/aromatic N) is 2. The number of likely N-dealkylation sites (tertiary alicyclic amines) is 1. The van der Waals surface area contributed by atoms with Crippen LogP contribution in [0.1, 0.15) is 19.8 Å². The Morgan fingerprint density at radius 3 is 2.76 bits per heavy atom. The number of carboxylic acids is 1. The maximum atomic E-state index is 10.7. The second-order valence-corrected chi connectivity index (χ2v) is 5.17. The molecule has 0 bridgehead atoms. The van der Waals surface area contributed by atoms with Gasteiger partial charge in [0.05, 0.1) is 6.42 Å². The van der Waals surface area contributed by atoms with E-state index in [1.807, 2.05) is 6.92 Å². The first-order chi connectivity index (χ1) is 8.16. The number of hydrogen-bond donors (Lipinski definition) is 2. The lowest BCUT2D eigenvalue weighted by molar-refractivity contribution is -0.138. The van der Waals surface area contributed by atoms with Crippen LogP contribution in [0.3, 0.4) is 0 Å². The molecule has 5 nitrogen and oxygen atoms in total. The summed E-state index contributed by atoms with van der Waals surface area (Å²) in [6.45, 7) is 8.53. The van der Waals surface area contributed by atoms with E-state index in [-0.39, 0.29) is 12.5 Å². The molecule has 5 heteroatoms. The van der Waals surface area contributed by atoms with Crippen LogP contribution in [-0.4, -0.2) is 72.2 Å². The first-order valence-corrected chi connectivity index (χ1v) is 6.57. The van der Waals surface area contributed by atoms with Crippen LogP contribution in [0.25, 0.3) is 0 Å². The smallest absolute Gasteiger partial charge is 0.304 e. The quantitative estimate of drug-likeness (QED) is 0.715. The molecule has 0 amide bonds. The van der Waals surface area contributed by atoms with Gasteiger partial charge in [-0.15, -0.1) is 0 Å². The normalized spacial score (nSPS) is 29.4. The number of rotatable bonds is 4. The standard InChI is InChI=1S/C12H23N3O2/c1-10(8-12(16)17)15-5-2-11(9-15)14-6-3-13-4-7-14/h10-11,13H,2-9H2,1H3,(H,16,17). The Hall–Kier alpha value is -0.650. The molecule has 0 spiro atoms. The van der Waals surface area contributed by atoms with Crippen molar-refractivity contribution in [3.05, 3.63) is 0 Å². The average Bonchev–Trinajstić information content (AvgIpc) is 2.78. The predicted octanol–water partition coefficient (Wildman–Crippen LogP) is -0.171. The molecule has 0 aliphatic carbocycles. The van der Waals surface area contributed by atoms with Crippen LogP contribution in [0, 0.1) is 0 Å². The van der Waals surface area contributed by atoms with E-state index in [1.165, 1.54) is 6.42 Å². The zero-order valence-corrected chi connectivity index (χ0v) is 10.6. The van der Waals surface area contributed by atoms with Crippen molar-refractivity contribution < 1.29 is 9.90 Å². The van der Waals surface area contributed by atoms with Crippen LogP contribution in [0.5, 0.6) is 0 Å². The summed E-state index contributed by atoms with van der Waals surface area (Å²) in [6.07, 6.45) is 1.44. The highest BCUT2D eigenvalue weighted by atomic mass is 16.4. The number of carbonyl (C=O) groups is 1. The van der Waals surface area contributed by atoms with Crippen molar-refractivity contribution in [2.45, 2.75) is 31.8 Å². The number of aliphatic carboxylic acids is 1. The predicted molar refractivity (Wildman–Crippen MR) is 66.1 cm³/mol. The zero-order chi connectivity index (χ0) is 12.3. The molecule has 2 aliphatic rings. The van der Waals surface area contributed by atoms with E-state index in [0.717, 1.165) is 39.3 Å². The molecule has 2 atom stereocenters. The van der Waals surface area contributed by atoms with Gasteiger partial charge < -0.3 is 10.4 Å². The van der Waals surface area contributed by atoms with Gasteiger partial charge in [0.2, 0.25) is 0 Å². The molecule has 2 saturated heterocycles. The van der Waals surface area contributed by atoms with Crippen molar-refractivity contribution in [1.29, 1.82) is 0 Å². The maximum absolute atomic E-state index is 10.7. The minimum absolute atomic E-state index is 0.167. The molecule has 2 aliphatic heterocycles. The third kappa shape index (κ3) is 3.40. The van der Waals surface area contributed by atoms with Crippen molar-refractivity contribution in [2.75, 3.05) is 39.3 Å². The monoisotopic (exact) mass is 241 g/mol. The molecular weight excluding hydrogens is 218 g/mol. The fraction of sp³-hybridized carbons (Fsp3) is 0.917. The summed E-state index contributed by atoms with van der Waals surface area (Å²) in [4.78, 5) is 15.6. The van der Waals surface area contributed by atoms with Crippen LogP contribution in [0.4, 0.5) is 0 Å². The van der Waals surface area contributed by atoms with Gasteiger partial charge in [0.15, 0.2) is 0 Å². The van der Waals surface area contributed by atoms with E-state index in [2.05, 4.69) is 15.1 Å². The van der Waals surface area contributed by atoms with Crippen LogP contribution >= 0.6 is 0 Å². The summed E-state index contributed by atoms with van der Waals surface area (Å²) >= 11 is 0. The molecule has 2 N–H and O–H groups in total. The van der Waals surface area contributed by atoms with E-state index in [0.29, 0.717) is 6.04 Å². The van der Waals surface area contributed by atoms with Crippen LogP contribution in [0.15, 0.2) is 0 Å². The van der Waals surface area contributed by atoms with Crippen molar-refractivity contribution in [1.82, 2.24) is 15.1 Å². The molecule has 0 aromatic rings. The summed E-state index contributed by atoms with van der Waals surface area (Å²) in [5.74, 6) is -0.692. The van der Waals surface area contributed by atoms with Gasteiger partial charge in [0.1, 0.15) is 0 Å². The molecule has 98 valence electrons. The minimum Gasteiger partial charge on any atom is -0.481 e. The van der Waals surface area contributed by atoms with Gasteiger partial charge in [-0.25, -0.2) is 0 Å². The average molecular weight is 241 g/mol. The van der Waals surface area contributed by atoms with Gasteiger partial charge in [-0.3, -0.25) is 14.6 Å². The molecule has 0 radical (unpaired) electrons. The third-order valence-electron chi connectivity index (χ3n) is 3.96. The number of piperazine rings is 1. The highest BCUT2D eigenvalue weighted by Gasteiger charge is 2.31. The topological polar surface area (TPSA) is 55.8 Å². The van der Waals surface area contributed by atoms with Crippen molar-refractivity contribution >= 4 is 5.97 Å². The summed E-state index contributed by atoms with van der Waals surface area (Å²) in [6, 6.07) is 0.800. The van der Waals surface area contributed by atoms with Gasteiger partial charge in [0.25, 0.3) is 0 Å². The second kappa shape index (κ2) is 5.80.